The normalized spacial score (nSPS) is 10.8. The van der Waals surface area contributed by atoms with E-state index in [0.717, 1.165) is 22.6 Å². The third-order valence-electron chi connectivity index (χ3n) is 4.04. The highest BCUT2D eigenvalue weighted by Crippen LogP contribution is 2.13. The molecule has 152 valence electrons. The van der Waals surface area contributed by atoms with Crippen LogP contribution in [0.4, 0.5) is 0 Å². The number of benzene rings is 2. The summed E-state index contributed by atoms with van der Waals surface area (Å²) in [5.74, 6) is 1.19. The first-order chi connectivity index (χ1) is 14.1. The Morgan fingerprint density at radius 3 is 1.45 bits per heavy atom. The lowest BCUT2D eigenvalue weighted by Gasteiger charge is -2.04. The monoisotopic (exact) mass is 394 g/mol. The standard InChI is InChI=1S/C23H26N2O4/c1-28-20-10-4-18(5-11-20)8-14-22(26)24-16-3-17-25-23(27)15-9-19-6-12-21(29-2)13-7-19/h4-15H,3,16-17H2,1-2H3,(H,24,26)(H,25,27). The minimum Gasteiger partial charge on any atom is -0.497 e. The highest BCUT2D eigenvalue weighted by Gasteiger charge is 1.98. The molecule has 0 radical (unpaired) electrons. The van der Waals surface area contributed by atoms with E-state index in [4.69, 9.17) is 9.47 Å². The van der Waals surface area contributed by atoms with Crippen LogP contribution in [0.3, 0.4) is 0 Å². The first-order valence-electron chi connectivity index (χ1n) is 9.30. The van der Waals surface area contributed by atoms with Crippen molar-refractivity contribution in [3.05, 3.63) is 71.8 Å². The van der Waals surface area contributed by atoms with Crippen molar-refractivity contribution in [3.63, 3.8) is 0 Å². The van der Waals surface area contributed by atoms with Crippen molar-refractivity contribution in [1.29, 1.82) is 0 Å². The number of hydrogen-bond donors (Lipinski definition) is 2. The van der Waals surface area contributed by atoms with Crippen molar-refractivity contribution >= 4 is 24.0 Å². The lowest BCUT2D eigenvalue weighted by Crippen LogP contribution is -2.28. The van der Waals surface area contributed by atoms with E-state index in [-0.39, 0.29) is 11.8 Å². The molecule has 6 heteroatoms. The van der Waals surface area contributed by atoms with E-state index in [1.807, 2.05) is 48.5 Å². The molecule has 0 aliphatic carbocycles. The fourth-order valence-electron chi connectivity index (χ4n) is 2.40. The molecule has 6 nitrogen and oxygen atoms in total. The third kappa shape index (κ3) is 8.34. The summed E-state index contributed by atoms with van der Waals surface area (Å²) < 4.78 is 10.2. The second-order valence-electron chi connectivity index (χ2n) is 6.15. The van der Waals surface area contributed by atoms with E-state index in [9.17, 15) is 9.59 Å². The average molecular weight is 394 g/mol. The van der Waals surface area contributed by atoms with E-state index in [1.165, 1.54) is 12.2 Å². The molecule has 2 aromatic carbocycles. The number of nitrogens with one attached hydrogen (secondary N) is 2. The van der Waals surface area contributed by atoms with Gasteiger partial charge in [0.25, 0.3) is 0 Å². The molecule has 0 saturated carbocycles. The van der Waals surface area contributed by atoms with Crippen molar-refractivity contribution in [2.45, 2.75) is 6.42 Å². The summed E-state index contributed by atoms with van der Waals surface area (Å²) in [5.41, 5.74) is 1.83. The molecular formula is C23H26N2O4. The van der Waals surface area contributed by atoms with E-state index < -0.39 is 0 Å². The predicted octanol–water partition coefficient (Wildman–Crippen LogP) is 3.05. The fraction of sp³-hybridized carbons (Fsp3) is 0.217. The van der Waals surface area contributed by atoms with Crippen molar-refractivity contribution in [3.8, 4) is 11.5 Å². The zero-order chi connectivity index (χ0) is 20.9. The lowest BCUT2D eigenvalue weighted by atomic mass is 10.2. The Morgan fingerprint density at radius 2 is 1.10 bits per heavy atom. The Labute approximate surface area is 171 Å². The number of carbonyl (C=O) groups excluding carboxylic acids is 2. The van der Waals surface area contributed by atoms with Gasteiger partial charge in [0, 0.05) is 25.2 Å². The van der Waals surface area contributed by atoms with Crippen LogP contribution in [0.2, 0.25) is 0 Å². The van der Waals surface area contributed by atoms with Gasteiger partial charge in [0.05, 0.1) is 14.2 Å². The van der Waals surface area contributed by atoms with Crippen molar-refractivity contribution in [2.24, 2.45) is 0 Å². The van der Waals surface area contributed by atoms with Gasteiger partial charge in [-0.25, -0.2) is 0 Å². The molecule has 0 bridgehead atoms. The summed E-state index contributed by atoms with van der Waals surface area (Å²) in [5, 5.41) is 5.57. The van der Waals surface area contributed by atoms with E-state index >= 15 is 0 Å². The summed E-state index contributed by atoms with van der Waals surface area (Å²) in [6.07, 6.45) is 7.08. The molecule has 0 aromatic heterocycles. The van der Waals surface area contributed by atoms with Gasteiger partial charge in [-0.15, -0.1) is 0 Å². The van der Waals surface area contributed by atoms with Crippen molar-refractivity contribution < 1.29 is 19.1 Å². The van der Waals surface area contributed by atoms with Crippen LogP contribution in [-0.2, 0) is 9.59 Å². The van der Waals surface area contributed by atoms with Crippen LogP contribution in [0, 0.1) is 0 Å². The van der Waals surface area contributed by atoms with Gasteiger partial charge >= 0.3 is 0 Å². The molecule has 2 aromatic rings. The highest BCUT2D eigenvalue weighted by atomic mass is 16.5. The average Bonchev–Trinajstić information content (AvgIpc) is 2.76. The SMILES string of the molecule is COc1ccc(C=CC(=O)NCCCNC(=O)C=Cc2ccc(OC)cc2)cc1. The van der Waals surface area contributed by atoms with Gasteiger partial charge in [-0.1, -0.05) is 24.3 Å². The first-order valence-corrected chi connectivity index (χ1v) is 9.30. The molecule has 0 spiro atoms. The van der Waals surface area contributed by atoms with Crippen LogP contribution in [0.1, 0.15) is 17.5 Å². The summed E-state index contributed by atoms with van der Waals surface area (Å²) in [6.45, 7) is 0.961. The van der Waals surface area contributed by atoms with Crippen LogP contribution < -0.4 is 20.1 Å². The van der Waals surface area contributed by atoms with Crippen LogP contribution >= 0.6 is 0 Å². The van der Waals surface area contributed by atoms with Crippen molar-refractivity contribution in [1.82, 2.24) is 10.6 Å². The minimum atomic E-state index is -0.174. The smallest absolute Gasteiger partial charge is 0.244 e. The molecule has 0 saturated heterocycles. The summed E-state index contributed by atoms with van der Waals surface area (Å²) in [4.78, 5) is 23.6. The van der Waals surface area contributed by atoms with Gasteiger partial charge in [0.1, 0.15) is 11.5 Å². The van der Waals surface area contributed by atoms with Crippen LogP contribution in [0.5, 0.6) is 11.5 Å². The molecule has 29 heavy (non-hydrogen) atoms. The molecule has 2 amide bonds. The Kier molecular flexibility index (Phi) is 9.02. The van der Waals surface area contributed by atoms with E-state index in [1.54, 1.807) is 26.4 Å². The highest BCUT2D eigenvalue weighted by molar-refractivity contribution is 5.92. The van der Waals surface area contributed by atoms with Gasteiger partial charge in [-0.3, -0.25) is 9.59 Å². The summed E-state index contributed by atoms with van der Waals surface area (Å²) in [6, 6.07) is 14.8. The molecule has 0 aliphatic heterocycles. The minimum absolute atomic E-state index is 0.174. The zero-order valence-corrected chi connectivity index (χ0v) is 16.7. The zero-order valence-electron chi connectivity index (χ0n) is 16.7. The largest absolute Gasteiger partial charge is 0.497 e. The predicted molar refractivity (Wildman–Crippen MR) is 115 cm³/mol. The van der Waals surface area contributed by atoms with Crippen LogP contribution in [0.15, 0.2) is 60.7 Å². The van der Waals surface area contributed by atoms with Crippen molar-refractivity contribution in [2.75, 3.05) is 27.3 Å². The second-order valence-corrected chi connectivity index (χ2v) is 6.15. The Hall–Kier alpha value is -3.54. The number of ether oxygens (including phenoxy) is 2. The summed E-state index contributed by atoms with van der Waals surface area (Å²) >= 11 is 0. The quantitative estimate of drug-likeness (QED) is 0.480. The van der Waals surface area contributed by atoms with Crippen LogP contribution in [-0.4, -0.2) is 39.1 Å². The molecule has 0 unspecified atom stereocenters. The third-order valence-corrected chi connectivity index (χ3v) is 4.04. The van der Waals surface area contributed by atoms with Gasteiger partial charge in [0.15, 0.2) is 0 Å². The second kappa shape index (κ2) is 12.0. The topological polar surface area (TPSA) is 76.7 Å². The van der Waals surface area contributed by atoms with Gasteiger partial charge in [-0.05, 0) is 54.0 Å². The molecule has 0 atom stereocenters. The fourth-order valence-corrected chi connectivity index (χ4v) is 2.40. The number of amides is 2. The van der Waals surface area contributed by atoms with E-state index in [2.05, 4.69) is 10.6 Å². The molecule has 0 heterocycles. The number of rotatable bonds is 10. The molecule has 0 aliphatic rings. The molecule has 2 N–H and O–H groups in total. The maximum Gasteiger partial charge on any atom is 0.244 e. The Morgan fingerprint density at radius 1 is 0.724 bits per heavy atom. The maximum absolute atomic E-state index is 11.8. The first kappa shape index (κ1) is 21.8. The van der Waals surface area contributed by atoms with Gasteiger partial charge < -0.3 is 20.1 Å². The van der Waals surface area contributed by atoms with Gasteiger partial charge in [-0.2, -0.15) is 0 Å². The lowest BCUT2D eigenvalue weighted by molar-refractivity contribution is -0.116. The summed E-state index contributed by atoms with van der Waals surface area (Å²) in [7, 11) is 3.22. The van der Waals surface area contributed by atoms with Gasteiger partial charge in [0.2, 0.25) is 11.8 Å². The maximum atomic E-state index is 11.8. The molecular weight excluding hydrogens is 368 g/mol. The van der Waals surface area contributed by atoms with E-state index in [0.29, 0.717) is 19.5 Å². The molecule has 0 fully saturated rings. The number of carbonyl (C=O) groups is 2. The Bertz CT molecular complexity index is 769. The number of hydrogen-bond acceptors (Lipinski definition) is 4. The van der Waals surface area contributed by atoms with Crippen LogP contribution in [0.25, 0.3) is 12.2 Å². The Balaban J connectivity index is 1.61. The molecule has 2 rings (SSSR count). The number of methoxy groups -OCH3 is 2.